The Balaban J connectivity index is 0.000000278. The number of aromatic nitrogens is 4. The highest BCUT2D eigenvalue weighted by molar-refractivity contribution is 6.07. The van der Waals surface area contributed by atoms with E-state index in [0.29, 0.717) is 34.7 Å². The van der Waals surface area contributed by atoms with Crippen molar-refractivity contribution in [2.45, 2.75) is 40.7 Å². The summed E-state index contributed by atoms with van der Waals surface area (Å²) >= 11 is 0. The van der Waals surface area contributed by atoms with Gasteiger partial charge in [-0.05, 0) is 52.3 Å². The summed E-state index contributed by atoms with van der Waals surface area (Å²) in [6.07, 6.45) is 1.55. The first-order valence-corrected chi connectivity index (χ1v) is 9.32. The van der Waals surface area contributed by atoms with Gasteiger partial charge in [0, 0.05) is 24.0 Å². The number of nitrogens with one attached hydrogen (secondary N) is 1. The number of fused-ring (bicyclic) bond motifs is 1. The number of hydrogen-bond acceptors (Lipinski definition) is 5. The van der Waals surface area contributed by atoms with Crippen LogP contribution < -0.4 is 11.3 Å². The zero-order chi connectivity index (χ0) is 21.7. The first-order chi connectivity index (χ1) is 13.6. The average molecular weight is 397 g/mol. The average Bonchev–Trinajstić information content (AvgIpc) is 3.01. The highest BCUT2D eigenvalue weighted by Crippen LogP contribution is 2.28. The topological polar surface area (TPSA) is 116 Å². The SMILES string of the molecule is C=C(OCC)c1nn(C(C)C)c2nccc(C(N)=O)c12.Cc1cc(C)[nH]c(=O)c1. The number of amides is 1. The van der Waals surface area contributed by atoms with Crippen molar-refractivity contribution in [2.24, 2.45) is 5.73 Å². The monoisotopic (exact) mass is 397 g/mol. The van der Waals surface area contributed by atoms with E-state index in [1.54, 1.807) is 23.0 Å². The van der Waals surface area contributed by atoms with Crippen LogP contribution in [0.1, 0.15) is 54.1 Å². The Hall–Kier alpha value is -3.42. The number of pyridine rings is 2. The Morgan fingerprint density at radius 2 is 2.03 bits per heavy atom. The molecule has 0 aromatic carbocycles. The van der Waals surface area contributed by atoms with E-state index in [0.717, 1.165) is 11.3 Å². The number of rotatable bonds is 5. The molecule has 8 heteroatoms. The van der Waals surface area contributed by atoms with Crippen molar-refractivity contribution in [1.29, 1.82) is 0 Å². The summed E-state index contributed by atoms with van der Waals surface area (Å²) in [5.74, 6) is -0.112. The molecular weight excluding hydrogens is 370 g/mol. The minimum absolute atomic E-state index is 0.0208. The van der Waals surface area contributed by atoms with E-state index in [2.05, 4.69) is 21.6 Å². The molecule has 154 valence electrons. The van der Waals surface area contributed by atoms with E-state index in [4.69, 9.17) is 10.5 Å². The quantitative estimate of drug-likeness (QED) is 0.642. The third-order valence-corrected chi connectivity index (χ3v) is 4.05. The second kappa shape index (κ2) is 9.18. The normalized spacial score (nSPS) is 10.6. The number of ether oxygens (including phenoxy) is 1. The van der Waals surface area contributed by atoms with Crippen LogP contribution in [0.25, 0.3) is 16.8 Å². The minimum Gasteiger partial charge on any atom is -0.492 e. The van der Waals surface area contributed by atoms with E-state index in [9.17, 15) is 9.59 Å². The van der Waals surface area contributed by atoms with E-state index in [-0.39, 0.29) is 11.6 Å². The van der Waals surface area contributed by atoms with Crippen molar-refractivity contribution in [1.82, 2.24) is 19.7 Å². The lowest BCUT2D eigenvalue weighted by molar-refractivity contribution is 0.100. The van der Waals surface area contributed by atoms with Crippen molar-refractivity contribution in [2.75, 3.05) is 6.61 Å². The van der Waals surface area contributed by atoms with Crippen LogP contribution in [0.2, 0.25) is 0 Å². The number of nitrogens with zero attached hydrogens (tertiary/aromatic N) is 3. The summed E-state index contributed by atoms with van der Waals surface area (Å²) in [4.78, 5) is 29.2. The molecule has 29 heavy (non-hydrogen) atoms. The van der Waals surface area contributed by atoms with Gasteiger partial charge in [0.25, 0.3) is 0 Å². The van der Waals surface area contributed by atoms with Crippen LogP contribution in [0.5, 0.6) is 0 Å². The van der Waals surface area contributed by atoms with E-state index in [1.165, 1.54) is 0 Å². The zero-order valence-corrected chi connectivity index (χ0v) is 17.4. The fraction of sp³-hybridized carbons (Fsp3) is 0.333. The first kappa shape index (κ1) is 21.9. The fourth-order valence-corrected chi connectivity index (χ4v) is 2.92. The number of aromatic amines is 1. The Morgan fingerprint density at radius 1 is 1.34 bits per heavy atom. The van der Waals surface area contributed by atoms with Gasteiger partial charge in [0.2, 0.25) is 11.5 Å². The lowest BCUT2D eigenvalue weighted by Gasteiger charge is -2.05. The van der Waals surface area contributed by atoms with Crippen molar-refractivity contribution < 1.29 is 9.53 Å². The lowest BCUT2D eigenvalue weighted by atomic mass is 10.1. The smallest absolute Gasteiger partial charge is 0.249 e. The Morgan fingerprint density at radius 3 is 2.55 bits per heavy atom. The van der Waals surface area contributed by atoms with Gasteiger partial charge in [-0.3, -0.25) is 9.59 Å². The number of carbonyl (C=O) groups is 1. The largest absolute Gasteiger partial charge is 0.492 e. The van der Waals surface area contributed by atoms with Crippen molar-refractivity contribution in [3.63, 3.8) is 0 Å². The molecule has 1 amide bonds. The maximum atomic E-state index is 11.6. The predicted octanol–water partition coefficient (Wildman–Crippen LogP) is 3.11. The molecular formula is C21H27N5O3. The molecule has 0 radical (unpaired) electrons. The highest BCUT2D eigenvalue weighted by Gasteiger charge is 2.21. The van der Waals surface area contributed by atoms with Gasteiger partial charge >= 0.3 is 0 Å². The molecule has 8 nitrogen and oxygen atoms in total. The molecule has 0 atom stereocenters. The van der Waals surface area contributed by atoms with Gasteiger partial charge in [-0.15, -0.1) is 0 Å². The Labute approximate surface area is 169 Å². The predicted molar refractivity (Wildman–Crippen MR) is 114 cm³/mol. The number of hydrogen-bond donors (Lipinski definition) is 2. The second-order valence-electron chi connectivity index (χ2n) is 6.87. The van der Waals surface area contributed by atoms with Crippen LogP contribution in [-0.4, -0.2) is 32.3 Å². The Kier molecular flexibility index (Phi) is 6.93. The van der Waals surface area contributed by atoms with Crippen LogP contribution in [0.3, 0.4) is 0 Å². The fourth-order valence-electron chi connectivity index (χ4n) is 2.92. The summed E-state index contributed by atoms with van der Waals surface area (Å²) in [7, 11) is 0. The van der Waals surface area contributed by atoms with Crippen LogP contribution in [0.15, 0.2) is 35.8 Å². The Bertz CT molecular complexity index is 1070. The van der Waals surface area contributed by atoms with Crippen LogP contribution in [0, 0.1) is 13.8 Å². The molecule has 0 spiro atoms. The highest BCUT2D eigenvalue weighted by atomic mass is 16.5. The second-order valence-corrected chi connectivity index (χ2v) is 6.87. The summed E-state index contributed by atoms with van der Waals surface area (Å²) in [5.41, 5.74) is 8.83. The lowest BCUT2D eigenvalue weighted by Crippen LogP contribution is -2.12. The molecule has 3 aromatic rings. The van der Waals surface area contributed by atoms with Crippen molar-refractivity contribution in [3.8, 4) is 0 Å². The number of nitrogens with two attached hydrogens (primary N) is 1. The van der Waals surface area contributed by atoms with E-state index < -0.39 is 5.91 Å². The molecule has 0 bridgehead atoms. The van der Waals surface area contributed by atoms with E-state index >= 15 is 0 Å². The summed E-state index contributed by atoms with van der Waals surface area (Å²) in [6.45, 7) is 13.9. The molecule has 0 aliphatic carbocycles. The van der Waals surface area contributed by atoms with Crippen molar-refractivity contribution >= 4 is 22.7 Å². The van der Waals surface area contributed by atoms with Gasteiger partial charge in [0.1, 0.15) is 11.5 Å². The zero-order valence-electron chi connectivity index (χ0n) is 17.4. The third kappa shape index (κ3) is 5.10. The summed E-state index contributed by atoms with van der Waals surface area (Å²) < 4.78 is 7.15. The molecule has 0 aliphatic rings. The van der Waals surface area contributed by atoms with E-state index in [1.807, 2.05) is 40.7 Å². The van der Waals surface area contributed by atoms with Gasteiger partial charge in [-0.1, -0.05) is 6.58 Å². The van der Waals surface area contributed by atoms with Crippen LogP contribution in [-0.2, 0) is 4.74 Å². The van der Waals surface area contributed by atoms with Gasteiger partial charge in [-0.25, -0.2) is 9.67 Å². The summed E-state index contributed by atoms with van der Waals surface area (Å²) in [6, 6.07) is 5.19. The molecule has 3 heterocycles. The molecule has 3 N–H and O–H groups in total. The molecule has 0 fully saturated rings. The molecule has 0 saturated heterocycles. The molecule has 0 unspecified atom stereocenters. The number of H-pyrrole nitrogens is 1. The van der Waals surface area contributed by atoms with Gasteiger partial charge < -0.3 is 15.5 Å². The minimum atomic E-state index is -0.522. The van der Waals surface area contributed by atoms with Crippen LogP contribution in [0.4, 0.5) is 0 Å². The number of aryl methyl sites for hydroxylation is 2. The van der Waals surface area contributed by atoms with Gasteiger partial charge in [-0.2, -0.15) is 5.10 Å². The molecule has 3 aromatic heterocycles. The molecule has 0 saturated carbocycles. The maximum Gasteiger partial charge on any atom is 0.249 e. The van der Waals surface area contributed by atoms with Crippen molar-refractivity contribution in [3.05, 3.63) is 63.8 Å². The first-order valence-electron chi connectivity index (χ1n) is 9.32. The summed E-state index contributed by atoms with van der Waals surface area (Å²) in [5, 5.41) is 5.06. The van der Waals surface area contributed by atoms with Crippen LogP contribution >= 0.6 is 0 Å². The number of primary amides is 1. The molecule has 0 aliphatic heterocycles. The number of carbonyl (C=O) groups excluding carboxylic acids is 1. The third-order valence-electron chi connectivity index (χ3n) is 4.05. The maximum absolute atomic E-state index is 11.6. The molecule has 3 rings (SSSR count). The van der Waals surface area contributed by atoms with Gasteiger partial charge in [0.15, 0.2) is 5.65 Å². The standard InChI is InChI=1S/C14H18N4O2.C7H9NO/c1-5-20-9(4)12-11-10(13(15)19)6-7-16-14(11)18(17-12)8(2)3;1-5-3-6(2)8-7(9)4-5/h6-8H,4-5H2,1-3H3,(H2,15,19);3-4H,1-2H3,(H,8,9). The van der Waals surface area contributed by atoms with Gasteiger partial charge in [0.05, 0.1) is 17.6 Å².